The van der Waals surface area contributed by atoms with Gasteiger partial charge in [0.15, 0.2) is 0 Å². The molecule has 0 aromatic carbocycles. The molecule has 2 rings (SSSR count). The molecule has 2 aliphatic rings. The van der Waals surface area contributed by atoms with Gasteiger partial charge in [-0.25, -0.2) is 0 Å². The van der Waals surface area contributed by atoms with E-state index in [4.69, 9.17) is 9.05 Å². The third-order valence-corrected chi connectivity index (χ3v) is 6.83. The molecule has 0 saturated heterocycles. The monoisotopic (exact) mass is 300 g/mol. The minimum Gasteiger partial charge on any atom is -0.306 e. The quantitative estimate of drug-likeness (QED) is 0.553. The lowest BCUT2D eigenvalue weighted by Crippen LogP contribution is -2.33. The molecule has 0 spiro atoms. The number of hydrogen-bond acceptors (Lipinski definition) is 4. The van der Waals surface area contributed by atoms with E-state index >= 15 is 0 Å². The van der Waals surface area contributed by atoms with Crippen LogP contribution < -0.4 is 0 Å². The van der Waals surface area contributed by atoms with Crippen molar-refractivity contribution in [3.8, 4) is 0 Å². The summed E-state index contributed by atoms with van der Waals surface area (Å²) in [5.41, 5.74) is -0.320. The minimum atomic E-state index is -3.30. The van der Waals surface area contributed by atoms with E-state index in [9.17, 15) is 9.36 Å². The molecule has 0 radical (unpaired) electrons. The fourth-order valence-corrected chi connectivity index (χ4v) is 6.54. The number of ketones is 1. The average molecular weight is 300 g/mol. The van der Waals surface area contributed by atoms with E-state index < -0.39 is 7.60 Å². The van der Waals surface area contributed by atoms with Gasteiger partial charge in [0.05, 0.1) is 17.9 Å². The molecule has 1 fully saturated rings. The van der Waals surface area contributed by atoms with Crippen LogP contribution in [0.2, 0.25) is 0 Å². The molecule has 0 amide bonds. The number of carbonyl (C=O) groups is 1. The predicted molar refractivity (Wildman–Crippen MR) is 78.7 cm³/mol. The van der Waals surface area contributed by atoms with Crippen LogP contribution >= 0.6 is 7.60 Å². The van der Waals surface area contributed by atoms with Crippen molar-refractivity contribution in [1.82, 2.24) is 0 Å². The summed E-state index contributed by atoms with van der Waals surface area (Å²) < 4.78 is 24.7. The van der Waals surface area contributed by atoms with Crippen molar-refractivity contribution in [2.45, 2.75) is 58.9 Å². The third kappa shape index (κ3) is 2.93. The van der Waals surface area contributed by atoms with Gasteiger partial charge in [0.2, 0.25) is 0 Å². The normalized spacial score (nSPS) is 32.5. The number of allylic oxidation sites excluding steroid dienone is 2. The molecule has 0 aliphatic heterocycles. The van der Waals surface area contributed by atoms with Crippen molar-refractivity contribution in [2.24, 2.45) is 17.8 Å². The summed E-state index contributed by atoms with van der Waals surface area (Å²) in [6, 6.07) is 0. The van der Waals surface area contributed by atoms with E-state index in [0.29, 0.717) is 0 Å². The Hall–Kier alpha value is -0.440. The first-order chi connectivity index (χ1) is 9.24. The van der Waals surface area contributed by atoms with Crippen LogP contribution in [0.5, 0.6) is 0 Å². The standard InChI is InChI=1S/C15H25O4P/c1-9(2)18-20(17,19-10(3)4)15-13-7-6-12(8-13)14(15)11(5)16/h6-7,9-10,12-15H,8H2,1-5H3/t12-,13+,14+,15+/m0/s1. The first-order valence-electron chi connectivity index (χ1n) is 7.40. The van der Waals surface area contributed by atoms with E-state index in [1.807, 2.05) is 27.7 Å². The lowest BCUT2D eigenvalue weighted by molar-refractivity contribution is -0.121. The third-order valence-electron chi connectivity index (χ3n) is 3.97. The summed E-state index contributed by atoms with van der Waals surface area (Å²) in [7, 11) is -3.30. The number of rotatable bonds is 6. The maximum Gasteiger partial charge on any atom is 0.335 e. The molecule has 0 aromatic rings. The molecule has 2 bridgehead atoms. The van der Waals surface area contributed by atoms with E-state index in [1.54, 1.807) is 6.92 Å². The number of fused-ring (bicyclic) bond motifs is 2. The van der Waals surface area contributed by atoms with Gasteiger partial charge in [-0.05, 0) is 52.9 Å². The zero-order valence-electron chi connectivity index (χ0n) is 12.9. The van der Waals surface area contributed by atoms with Gasteiger partial charge in [0, 0.05) is 5.92 Å². The van der Waals surface area contributed by atoms with Crippen LogP contribution in [0.4, 0.5) is 0 Å². The fraction of sp³-hybridized carbons (Fsp3) is 0.800. The van der Waals surface area contributed by atoms with E-state index in [1.165, 1.54) is 0 Å². The molecule has 2 aliphatic carbocycles. The Kier molecular flexibility index (Phi) is 4.58. The lowest BCUT2D eigenvalue weighted by Gasteiger charge is -2.34. The van der Waals surface area contributed by atoms with Crippen LogP contribution in [-0.4, -0.2) is 23.7 Å². The summed E-state index contributed by atoms with van der Waals surface area (Å²) >= 11 is 0. The van der Waals surface area contributed by atoms with Crippen molar-refractivity contribution in [3.63, 3.8) is 0 Å². The minimum absolute atomic E-state index is 0.0896. The molecule has 0 N–H and O–H groups in total. The molecule has 4 atom stereocenters. The lowest BCUT2D eigenvalue weighted by atomic mass is 9.90. The van der Waals surface area contributed by atoms with Gasteiger partial charge >= 0.3 is 7.60 Å². The van der Waals surface area contributed by atoms with Gasteiger partial charge < -0.3 is 9.05 Å². The maximum atomic E-state index is 13.3. The first kappa shape index (κ1) is 15.9. The zero-order valence-corrected chi connectivity index (χ0v) is 13.8. The van der Waals surface area contributed by atoms with Crippen molar-refractivity contribution in [3.05, 3.63) is 12.2 Å². The van der Waals surface area contributed by atoms with Crippen molar-refractivity contribution < 1.29 is 18.4 Å². The summed E-state index contributed by atoms with van der Waals surface area (Å²) in [6.07, 6.45) is 4.68. The van der Waals surface area contributed by atoms with E-state index in [0.717, 1.165) is 6.42 Å². The molecule has 5 heteroatoms. The van der Waals surface area contributed by atoms with Crippen molar-refractivity contribution in [2.75, 3.05) is 0 Å². The van der Waals surface area contributed by atoms with Crippen molar-refractivity contribution in [1.29, 1.82) is 0 Å². The van der Waals surface area contributed by atoms with Crippen LogP contribution in [0.15, 0.2) is 12.2 Å². The molecule has 0 heterocycles. The van der Waals surface area contributed by atoms with E-state index in [2.05, 4.69) is 12.2 Å². The van der Waals surface area contributed by atoms with Crippen LogP contribution in [-0.2, 0) is 18.4 Å². The fourth-order valence-electron chi connectivity index (χ4n) is 3.52. The Morgan fingerprint density at radius 1 is 1.10 bits per heavy atom. The topological polar surface area (TPSA) is 52.6 Å². The summed E-state index contributed by atoms with van der Waals surface area (Å²) in [6.45, 7) is 8.98. The Morgan fingerprint density at radius 2 is 1.60 bits per heavy atom. The smallest absolute Gasteiger partial charge is 0.306 e. The SMILES string of the molecule is CC(=O)[C@H]1[C@H](P(=O)(OC(C)C)OC(C)C)[C@@H]2C=C[C@H]1C2. The van der Waals surface area contributed by atoms with E-state index in [-0.39, 0.29) is 41.4 Å². The van der Waals surface area contributed by atoms with Gasteiger partial charge in [-0.2, -0.15) is 0 Å². The molecule has 114 valence electrons. The van der Waals surface area contributed by atoms with Crippen LogP contribution in [0.3, 0.4) is 0 Å². The van der Waals surface area contributed by atoms with Gasteiger partial charge in [-0.1, -0.05) is 12.2 Å². The second-order valence-corrected chi connectivity index (χ2v) is 8.52. The summed E-state index contributed by atoms with van der Waals surface area (Å²) in [5.74, 6) is 0.194. The zero-order chi connectivity index (χ0) is 15.1. The largest absolute Gasteiger partial charge is 0.335 e. The Labute approximate surface area is 121 Å². The van der Waals surface area contributed by atoms with Crippen LogP contribution in [0.1, 0.15) is 41.0 Å². The average Bonchev–Trinajstić information content (AvgIpc) is 2.85. The molecule has 0 aromatic heterocycles. The summed E-state index contributed by atoms with van der Waals surface area (Å²) in [5, 5.41) is 0. The predicted octanol–water partition coefficient (Wildman–Crippen LogP) is 3.81. The highest BCUT2D eigenvalue weighted by Gasteiger charge is 2.56. The van der Waals surface area contributed by atoms with Crippen LogP contribution in [0.25, 0.3) is 0 Å². The number of Topliss-reactive ketones (excluding diaryl/α,β-unsaturated/α-hetero) is 1. The second-order valence-electron chi connectivity index (χ2n) is 6.42. The van der Waals surface area contributed by atoms with Gasteiger partial charge in [0.1, 0.15) is 5.78 Å². The van der Waals surface area contributed by atoms with Gasteiger partial charge in [-0.3, -0.25) is 9.36 Å². The maximum absolute atomic E-state index is 13.3. The molecule has 0 unspecified atom stereocenters. The summed E-state index contributed by atoms with van der Waals surface area (Å²) in [4.78, 5) is 12.0. The molecule has 20 heavy (non-hydrogen) atoms. The van der Waals surface area contributed by atoms with Gasteiger partial charge in [-0.15, -0.1) is 0 Å². The highest BCUT2D eigenvalue weighted by molar-refractivity contribution is 7.54. The molecular weight excluding hydrogens is 275 g/mol. The van der Waals surface area contributed by atoms with Gasteiger partial charge in [0.25, 0.3) is 0 Å². The highest BCUT2D eigenvalue weighted by atomic mass is 31.2. The van der Waals surface area contributed by atoms with Crippen molar-refractivity contribution >= 4 is 13.4 Å². The molecular formula is C15H25O4P. The second kappa shape index (κ2) is 5.75. The number of hydrogen-bond donors (Lipinski definition) is 0. The molecule has 1 saturated carbocycles. The Balaban J connectivity index is 2.34. The number of carbonyl (C=O) groups excluding carboxylic acids is 1. The van der Waals surface area contributed by atoms with Crippen LogP contribution in [0, 0.1) is 17.8 Å². The Morgan fingerprint density at radius 3 is 2.05 bits per heavy atom. The Bertz CT molecular complexity index is 441. The highest BCUT2D eigenvalue weighted by Crippen LogP contribution is 2.66. The molecule has 4 nitrogen and oxygen atoms in total. The first-order valence-corrected chi connectivity index (χ1v) is 9.01.